The summed E-state index contributed by atoms with van der Waals surface area (Å²) in [6.45, 7) is 4.88. The fourth-order valence-corrected chi connectivity index (χ4v) is 2.17. The van der Waals surface area contributed by atoms with E-state index in [0.717, 1.165) is 40.6 Å². The van der Waals surface area contributed by atoms with Crippen LogP contribution in [-0.2, 0) is 6.42 Å². The fraction of sp³-hybridized carbons (Fsp3) is 0.357. The molecule has 0 saturated heterocycles. The zero-order chi connectivity index (χ0) is 12.4. The largest absolute Gasteiger partial charge is 0.322 e. The molecule has 3 nitrogen and oxygen atoms in total. The van der Waals surface area contributed by atoms with Gasteiger partial charge in [0.05, 0.1) is 0 Å². The summed E-state index contributed by atoms with van der Waals surface area (Å²) in [4.78, 5) is 15.0. The number of rotatable bonds is 3. The van der Waals surface area contributed by atoms with Gasteiger partial charge in [-0.3, -0.25) is 4.79 Å². The minimum atomic E-state index is 0.0378. The number of likely N-dealkylation sites (N-methyl/N-ethyl adjacent to an activating group) is 1. The van der Waals surface area contributed by atoms with Crippen molar-refractivity contribution in [3.05, 3.63) is 45.2 Å². The van der Waals surface area contributed by atoms with Gasteiger partial charge in [0, 0.05) is 16.5 Å². The molecule has 0 aliphatic heterocycles. The third-order valence-electron chi connectivity index (χ3n) is 3.18. The second kappa shape index (κ2) is 4.72. The summed E-state index contributed by atoms with van der Waals surface area (Å²) in [6, 6.07) is 6.18. The predicted octanol–water partition coefficient (Wildman–Crippen LogP) is 1.91. The summed E-state index contributed by atoms with van der Waals surface area (Å²) in [6.07, 6.45) is 0.765. The lowest BCUT2D eigenvalue weighted by atomic mass is 10.0. The number of aromatic amines is 1. The molecule has 0 unspecified atom stereocenters. The van der Waals surface area contributed by atoms with Gasteiger partial charge >= 0.3 is 0 Å². The molecule has 1 heterocycles. The second-order valence-electron chi connectivity index (χ2n) is 4.46. The third-order valence-corrected chi connectivity index (χ3v) is 3.18. The minimum Gasteiger partial charge on any atom is -0.322 e. The molecule has 0 fully saturated rings. The summed E-state index contributed by atoms with van der Waals surface area (Å²) >= 11 is 0. The molecule has 0 radical (unpaired) electrons. The molecule has 0 atom stereocenters. The number of aryl methyl sites for hydroxylation is 2. The highest BCUT2D eigenvalue weighted by molar-refractivity contribution is 5.83. The van der Waals surface area contributed by atoms with Crippen molar-refractivity contribution < 1.29 is 0 Å². The number of nitrogens with one attached hydrogen (secondary N) is 2. The lowest BCUT2D eigenvalue weighted by Crippen LogP contribution is -2.20. The van der Waals surface area contributed by atoms with Crippen LogP contribution in [0.1, 0.15) is 16.7 Å². The lowest BCUT2D eigenvalue weighted by molar-refractivity contribution is 0.783. The molecule has 0 aliphatic carbocycles. The number of hydrogen-bond donors (Lipinski definition) is 2. The minimum absolute atomic E-state index is 0.0378. The molecule has 1 aromatic carbocycles. The summed E-state index contributed by atoms with van der Waals surface area (Å²) in [5, 5.41) is 4.22. The first-order chi connectivity index (χ1) is 8.13. The first kappa shape index (κ1) is 11.9. The molecule has 0 bridgehead atoms. The Labute approximate surface area is 101 Å². The molecule has 17 heavy (non-hydrogen) atoms. The molecule has 1 aromatic heterocycles. The van der Waals surface area contributed by atoms with E-state index < -0.39 is 0 Å². The fourth-order valence-electron chi connectivity index (χ4n) is 2.17. The van der Waals surface area contributed by atoms with Crippen molar-refractivity contribution in [2.24, 2.45) is 0 Å². The van der Waals surface area contributed by atoms with Crippen molar-refractivity contribution in [2.45, 2.75) is 20.3 Å². The van der Waals surface area contributed by atoms with Crippen LogP contribution in [0.3, 0.4) is 0 Å². The highest BCUT2D eigenvalue weighted by atomic mass is 16.1. The van der Waals surface area contributed by atoms with Crippen LogP contribution < -0.4 is 10.9 Å². The average molecular weight is 230 g/mol. The summed E-state index contributed by atoms with van der Waals surface area (Å²) < 4.78 is 0. The predicted molar refractivity (Wildman–Crippen MR) is 71.7 cm³/mol. The van der Waals surface area contributed by atoms with E-state index in [1.54, 1.807) is 0 Å². The van der Waals surface area contributed by atoms with E-state index in [4.69, 9.17) is 0 Å². The Hall–Kier alpha value is -1.61. The van der Waals surface area contributed by atoms with Gasteiger partial charge in [0.15, 0.2) is 0 Å². The van der Waals surface area contributed by atoms with Gasteiger partial charge in [0.1, 0.15) is 0 Å². The monoisotopic (exact) mass is 230 g/mol. The Bertz CT molecular complexity index is 599. The average Bonchev–Trinajstić information content (AvgIpc) is 2.28. The van der Waals surface area contributed by atoms with E-state index in [9.17, 15) is 4.79 Å². The Morgan fingerprint density at radius 3 is 2.76 bits per heavy atom. The highest BCUT2D eigenvalue weighted by Gasteiger charge is 2.08. The quantitative estimate of drug-likeness (QED) is 0.846. The molecule has 0 spiro atoms. The van der Waals surface area contributed by atoms with Crippen molar-refractivity contribution in [1.82, 2.24) is 10.3 Å². The summed E-state index contributed by atoms with van der Waals surface area (Å²) in [7, 11) is 1.90. The van der Waals surface area contributed by atoms with Gasteiger partial charge in [-0.25, -0.2) is 0 Å². The zero-order valence-corrected chi connectivity index (χ0v) is 10.6. The summed E-state index contributed by atoms with van der Waals surface area (Å²) in [5.74, 6) is 0. The van der Waals surface area contributed by atoms with Crippen molar-refractivity contribution in [3.8, 4) is 0 Å². The maximum absolute atomic E-state index is 12.0. The van der Waals surface area contributed by atoms with Crippen LogP contribution in [0.5, 0.6) is 0 Å². The van der Waals surface area contributed by atoms with Crippen LogP contribution in [0.2, 0.25) is 0 Å². The zero-order valence-electron chi connectivity index (χ0n) is 10.6. The number of benzene rings is 1. The van der Waals surface area contributed by atoms with Gasteiger partial charge in [0.25, 0.3) is 5.56 Å². The molecule has 2 aromatic rings. The Morgan fingerprint density at radius 1 is 1.29 bits per heavy atom. The smallest absolute Gasteiger partial charge is 0.251 e. The van der Waals surface area contributed by atoms with E-state index in [1.165, 1.54) is 0 Å². The van der Waals surface area contributed by atoms with Crippen molar-refractivity contribution in [1.29, 1.82) is 0 Å². The van der Waals surface area contributed by atoms with Crippen LogP contribution in [0.25, 0.3) is 10.9 Å². The number of pyridine rings is 1. The molecule has 2 rings (SSSR count). The number of fused-ring (bicyclic) bond motifs is 1. The van der Waals surface area contributed by atoms with E-state index in [-0.39, 0.29) is 5.56 Å². The van der Waals surface area contributed by atoms with Gasteiger partial charge in [-0.1, -0.05) is 12.1 Å². The van der Waals surface area contributed by atoms with Crippen molar-refractivity contribution >= 4 is 10.9 Å². The Kier molecular flexibility index (Phi) is 3.29. The van der Waals surface area contributed by atoms with E-state index in [2.05, 4.69) is 22.4 Å². The van der Waals surface area contributed by atoms with Crippen molar-refractivity contribution in [3.63, 3.8) is 0 Å². The van der Waals surface area contributed by atoms with Crippen LogP contribution in [0, 0.1) is 13.8 Å². The second-order valence-corrected chi connectivity index (χ2v) is 4.46. The molecular formula is C14H18N2O. The molecule has 0 amide bonds. The maximum atomic E-state index is 12.0. The van der Waals surface area contributed by atoms with Gasteiger partial charge in [0.2, 0.25) is 0 Å². The SMILES string of the molecule is CNCCc1c(C)c2ccc(C)cc2[nH]c1=O. The van der Waals surface area contributed by atoms with E-state index in [0.29, 0.717) is 0 Å². The standard InChI is InChI=1S/C14H18N2O/c1-9-4-5-11-10(2)12(6-7-15-3)14(17)16-13(11)8-9/h4-5,8,15H,6-7H2,1-3H3,(H,16,17). The molecule has 0 saturated carbocycles. The molecule has 3 heteroatoms. The Morgan fingerprint density at radius 2 is 2.06 bits per heavy atom. The maximum Gasteiger partial charge on any atom is 0.251 e. The van der Waals surface area contributed by atoms with Crippen LogP contribution in [-0.4, -0.2) is 18.6 Å². The van der Waals surface area contributed by atoms with Gasteiger partial charge in [-0.05, 0) is 51.1 Å². The molecular weight excluding hydrogens is 212 g/mol. The van der Waals surface area contributed by atoms with Crippen LogP contribution in [0.4, 0.5) is 0 Å². The Balaban J connectivity index is 2.63. The topological polar surface area (TPSA) is 44.9 Å². The first-order valence-electron chi connectivity index (χ1n) is 5.90. The van der Waals surface area contributed by atoms with Gasteiger partial charge in [-0.2, -0.15) is 0 Å². The van der Waals surface area contributed by atoms with Crippen molar-refractivity contribution in [2.75, 3.05) is 13.6 Å². The highest BCUT2D eigenvalue weighted by Crippen LogP contribution is 2.18. The van der Waals surface area contributed by atoms with Crippen LogP contribution in [0.15, 0.2) is 23.0 Å². The first-order valence-corrected chi connectivity index (χ1v) is 5.90. The molecule has 0 aliphatic rings. The summed E-state index contributed by atoms with van der Waals surface area (Å²) in [5.41, 5.74) is 4.11. The van der Waals surface area contributed by atoms with Crippen LogP contribution >= 0.6 is 0 Å². The van der Waals surface area contributed by atoms with Gasteiger partial charge < -0.3 is 10.3 Å². The van der Waals surface area contributed by atoms with Gasteiger partial charge in [-0.15, -0.1) is 0 Å². The molecule has 2 N–H and O–H groups in total. The normalized spacial score (nSPS) is 11.0. The van der Waals surface area contributed by atoms with E-state index in [1.807, 2.05) is 27.0 Å². The third kappa shape index (κ3) is 2.24. The number of hydrogen-bond acceptors (Lipinski definition) is 2. The number of aromatic nitrogens is 1. The number of H-pyrrole nitrogens is 1. The lowest BCUT2D eigenvalue weighted by Gasteiger charge is -2.09. The molecule has 90 valence electrons. The van der Waals surface area contributed by atoms with E-state index >= 15 is 0 Å².